The monoisotopic (exact) mass is 256 g/mol. The van der Waals surface area contributed by atoms with Crippen LogP contribution in [-0.4, -0.2) is 12.4 Å². The van der Waals surface area contributed by atoms with Crippen LogP contribution < -0.4 is 4.74 Å². The molecule has 0 fully saturated rings. The molecule has 2 heteroatoms. The molecule has 0 heterocycles. The number of methoxy groups -OCH3 is 1. The molecule has 0 spiro atoms. The second-order valence-corrected chi connectivity index (χ2v) is 4.76. The van der Waals surface area contributed by atoms with E-state index in [1.807, 2.05) is 6.07 Å². The van der Waals surface area contributed by atoms with E-state index in [9.17, 15) is 0 Å². The van der Waals surface area contributed by atoms with Crippen molar-refractivity contribution in [2.45, 2.75) is 26.2 Å². The Bertz CT molecular complexity index is 318. The quantitative estimate of drug-likeness (QED) is 0.750. The first-order valence-electron chi connectivity index (χ1n) is 4.72. The lowest BCUT2D eigenvalue weighted by atomic mass is 9.84. The Balaban J connectivity index is 3.12. The van der Waals surface area contributed by atoms with Gasteiger partial charge in [0.15, 0.2) is 0 Å². The lowest BCUT2D eigenvalue weighted by Crippen LogP contribution is -2.20. The second kappa shape index (κ2) is 4.35. The highest BCUT2D eigenvalue weighted by Crippen LogP contribution is 2.30. The van der Waals surface area contributed by atoms with Gasteiger partial charge in [0, 0.05) is 5.33 Å². The minimum absolute atomic E-state index is 0.177. The van der Waals surface area contributed by atoms with Crippen LogP contribution in [0.15, 0.2) is 18.2 Å². The average Bonchev–Trinajstić information content (AvgIpc) is 2.17. The lowest BCUT2D eigenvalue weighted by Gasteiger charge is -2.24. The molecule has 0 aromatic heterocycles. The van der Waals surface area contributed by atoms with Gasteiger partial charge in [-0.25, -0.2) is 0 Å². The van der Waals surface area contributed by atoms with Gasteiger partial charge >= 0.3 is 0 Å². The summed E-state index contributed by atoms with van der Waals surface area (Å²) in [5, 5.41) is 0.965. The van der Waals surface area contributed by atoms with E-state index in [0.29, 0.717) is 0 Å². The molecule has 0 bridgehead atoms. The zero-order valence-corrected chi connectivity index (χ0v) is 10.8. The zero-order chi connectivity index (χ0) is 10.8. The molecular formula is C12H17BrO. The Morgan fingerprint density at radius 1 is 1.36 bits per heavy atom. The van der Waals surface area contributed by atoms with Crippen molar-refractivity contribution >= 4 is 15.9 Å². The van der Waals surface area contributed by atoms with Crippen LogP contribution in [0.4, 0.5) is 0 Å². The summed E-state index contributed by atoms with van der Waals surface area (Å²) < 4.78 is 5.18. The zero-order valence-electron chi connectivity index (χ0n) is 9.23. The molecule has 78 valence electrons. The van der Waals surface area contributed by atoms with Crippen LogP contribution in [0.5, 0.6) is 5.75 Å². The fourth-order valence-electron chi connectivity index (χ4n) is 1.59. The van der Waals surface area contributed by atoms with Crippen LogP contribution in [0.3, 0.4) is 0 Å². The number of hydrogen-bond acceptors (Lipinski definition) is 1. The first-order chi connectivity index (χ1) is 6.51. The van der Waals surface area contributed by atoms with E-state index in [4.69, 9.17) is 4.74 Å². The molecule has 0 aliphatic rings. The number of hydrogen-bond donors (Lipinski definition) is 0. The first kappa shape index (κ1) is 11.6. The summed E-state index contributed by atoms with van der Waals surface area (Å²) >= 11 is 3.55. The van der Waals surface area contributed by atoms with E-state index < -0.39 is 0 Å². The van der Waals surface area contributed by atoms with Gasteiger partial charge < -0.3 is 4.74 Å². The Labute approximate surface area is 94.6 Å². The van der Waals surface area contributed by atoms with Crippen LogP contribution in [0.25, 0.3) is 0 Å². The second-order valence-electron chi connectivity index (χ2n) is 4.20. The van der Waals surface area contributed by atoms with Gasteiger partial charge in [-0.05, 0) is 35.6 Å². The maximum Gasteiger partial charge on any atom is 0.119 e. The third-order valence-corrected chi connectivity index (χ3v) is 3.90. The van der Waals surface area contributed by atoms with E-state index in [-0.39, 0.29) is 5.41 Å². The normalized spacial score (nSPS) is 11.5. The Kier molecular flexibility index (Phi) is 3.59. The summed E-state index contributed by atoms with van der Waals surface area (Å²) in [4.78, 5) is 0. The van der Waals surface area contributed by atoms with Crippen molar-refractivity contribution in [2.24, 2.45) is 0 Å². The highest BCUT2D eigenvalue weighted by atomic mass is 79.9. The van der Waals surface area contributed by atoms with Crippen LogP contribution in [-0.2, 0) is 5.41 Å². The van der Waals surface area contributed by atoms with Crippen molar-refractivity contribution in [2.75, 3.05) is 12.4 Å². The topological polar surface area (TPSA) is 9.23 Å². The van der Waals surface area contributed by atoms with Crippen molar-refractivity contribution < 1.29 is 4.74 Å². The summed E-state index contributed by atoms with van der Waals surface area (Å²) in [6.45, 7) is 6.59. The molecule has 1 aromatic carbocycles. The molecule has 1 nitrogen and oxygen atoms in total. The Morgan fingerprint density at radius 2 is 2.00 bits per heavy atom. The molecule has 0 saturated carbocycles. The highest BCUT2D eigenvalue weighted by Gasteiger charge is 2.20. The maximum absolute atomic E-state index is 5.18. The van der Waals surface area contributed by atoms with Gasteiger partial charge in [0.25, 0.3) is 0 Å². The van der Waals surface area contributed by atoms with E-state index in [0.717, 1.165) is 11.1 Å². The third kappa shape index (κ3) is 2.30. The number of ether oxygens (including phenoxy) is 1. The van der Waals surface area contributed by atoms with Gasteiger partial charge in [-0.2, -0.15) is 0 Å². The fourth-order valence-corrected chi connectivity index (χ4v) is 1.90. The molecular weight excluding hydrogens is 240 g/mol. The predicted octanol–water partition coefficient (Wildman–Crippen LogP) is 3.68. The summed E-state index contributed by atoms with van der Waals surface area (Å²) in [5.41, 5.74) is 2.83. The van der Waals surface area contributed by atoms with Crippen LogP contribution in [0, 0.1) is 6.92 Å². The van der Waals surface area contributed by atoms with Crippen molar-refractivity contribution in [3.05, 3.63) is 29.3 Å². The molecule has 0 aliphatic heterocycles. The number of rotatable bonds is 3. The maximum atomic E-state index is 5.18. The first-order valence-corrected chi connectivity index (χ1v) is 5.84. The van der Waals surface area contributed by atoms with Gasteiger partial charge in [0.1, 0.15) is 5.75 Å². The summed E-state index contributed by atoms with van der Waals surface area (Å²) in [5.74, 6) is 0.927. The lowest BCUT2D eigenvalue weighted by molar-refractivity contribution is 0.414. The Morgan fingerprint density at radius 3 is 2.43 bits per heavy atom. The number of aryl methyl sites for hydroxylation is 1. The average molecular weight is 257 g/mol. The standard InChI is InChI=1S/C12H17BrO/c1-9-7-10(14-4)5-6-11(9)12(2,3)8-13/h5-7H,8H2,1-4H3. The minimum Gasteiger partial charge on any atom is -0.497 e. The molecule has 0 aliphatic carbocycles. The summed E-state index contributed by atoms with van der Waals surface area (Å²) in [6, 6.07) is 6.25. The van der Waals surface area contributed by atoms with Gasteiger partial charge in [-0.1, -0.05) is 35.8 Å². The number of alkyl halides is 1. The number of benzene rings is 1. The summed E-state index contributed by atoms with van der Waals surface area (Å²) in [7, 11) is 1.70. The molecule has 14 heavy (non-hydrogen) atoms. The molecule has 1 rings (SSSR count). The highest BCUT2D eigenvalue weighted by molar-refractivity contribution is 9.09. The molecule has 0 N–H and O–H groups in total. The molecule has 0 amide bonds. The van der Waals surface area contributed by atoms with Crippen molar-refractivity contribution in [3.63, 3.8) is 0 Å². The molecule has 0 saturated heterocycles. The predicted molar refractivity (Wildman–Crippen MR) is 64.6 cm³/mol. The largest absolute Gasteiger partial charge is 0.497 e. The third-order valence-electron chi connectivity index (χ3n) is 2.50. The molecule has 0 atom stereocenters. The van der Waals surface area contributed by atoms with Crippen molar-refractivity contribution in [1.29, 1.82) is 0 Å². The molecule has 0 radical (unpaired) electrons. The molecule has 1 aromatic rings. The molecule has 0 unspecified atom stereocenters. The van der Waals surface area contributed by atoms with E-state index in [1.165, 1.54) is 11.1 Å². The van der Waals surface area contributed by atoms with Gasteiger partial charge in [0.2, 0.25) is 0 Å². The van der Waals surface area contributed by atoms with Crippen molar-refractivity contribution in [3.8, 4) is 5.75 Å². The van der Waals surface area contributed by atoms with Gasteiger partial charge in [0.05, 0.1) is 7.11 Å². The van der Waals surface area contributed by atoms with Crippen molar-refractivity contribution in [1.82, 2.24) is 0 Å². The SMILES string of the molecule is COc1ccc(C(C)(C)CBr)c(C)c1. The van der Waals surface area contributed by atoms with Gasteiger partial charge in [-0.3, -0.25) is 0 Å². The van der Waals surface area contributed by atoms with E-state index >= 15 is 0 Å². The summed E-state index contributed by atoms with van der Waals surface area (Å²) in [6.07, 6.45) is 0. The van der Waals surface area contributed by atoms with E-state index in [2.05, 4.69) is 48.8 Å². The smallest absolute Gasteiger partial charge is 0.119 e. The fraction of sp³-hybridized carbons (Fsp3) is 0.500. The van der Waals surface area contributed by atoms with E-state index in [1.54, 1.807) is 7.11 Å². The van der Waals surface area contributed by atoms with Gasteiger partial charge in [-0.15, -0.1) is 0 Å². The minimum atomic E-state index is 0.177. The van der Waals surface area contributed by atoms with Crippen LogP contribution in [0.2, 0.25) is 0 Å². The Hall–Kier alpha value is -0.500. The van der Waals surface area contributed by atoms with Crippen LogP contribution in [0.1, 0.15) is 25.0 Å². The number of halogens is 1. The van der Waals surface area contributed by atoms with Crippen LogP contribution >= 0.6 is 15.9 Å².